The molecular weight excluding hydrogens is 156 g/mol. The van der Waals surface area contributed by atoms with Crippen molar-refractivity contribution in [3.8, 4) is 0 Å². The quantitative estimate of drug-likeness (QED) is 0.419. The van der Waals surface area contributed by atoms with Gasteiger partial charge in [-0.05, 0) is 25.2 Å². The third kappa shape index (κ3) is 4.12. The van der Waals surface area contributed by atoms with E-state index in [2.05, 4.69) is 33.6 Å². The standard InChI is InChI=1S/C13H22/c1-7-11(5)13(8-2)9-12(6)10(3)4/h7,11,13H,1,3,6,8-9H2,2,4-5H3. The molecule has 2 unspecified atom stereocenters. The molecule has 0 fully saturated rings. The van der Waals surface area contributed by atoms with Gasteiger partial charge >= 0.3 is 0 Å². The third-order valence-corrected chi connectivity index (χ3v) is 2.75. The van der Waals surface area contributed by atoms with Gasteiger partial charge in [-0.3, -0.25) is 0 Å². The van der Waals surface area contributed by atoms with Crippen LogP contribution in [0.25, 0.3) is 0 Å². The van der Waals surface area contributed by atoms with Gasteiger partial charge in [0.15, 0.2) is 0 Å². The largest absolute Gasteiger partial charge is 0.103 e. The van der Waals surface area contributed by atoms with Crippen molar-refractivity contribution in [3.63, 3.8) is 0 Å². The maximum atomic E-state index is 4.02. The van der Waals surface area contributed by atoms with Gasteiger partial charge in [-0.15, -0.1) is 6.58 Å². The summed E-state index contributed by atoms with van der Waals surface area (Å²) >= 11 is 0. The molecule has 0 aromatic carbocycles. The Morgan fingerprint density at radius 2 is 1.92 bits per heavy atom. The van der Waals surface area contributed by atoms with Crippen LogP contribution in [0.1, 0.15) is 33.6 Å². The lowest BCUT2D eigenvalue weighted by Gasteiger charge is -2.20. The lowest BCUT2D eigenvalue weighted by atomic mass is 9.85. The zero-order valence-electron chi connectivity index (χ0n) is 9.27. The summed E-state index contributed by atoms with van der Waals surface area (Å²) in [5.74, 6) is 1.24. The van der Waals surface area contributed by atoms with Gasteiger partial charge < -0.3 is 0 Å². The van der Waals surface area contributed by atoms with E-state index in [0.29, 0.717) is 11.8 Å². The molecule has 0 rings (SSSR count). The molecule has 0 heterocycles. The van der Waals surface area contributed by atoms with E-state index in [1.165, 1.54) is 12.0 Å². The Morgan fingerprint density at radius 3 is 2.23 bits per heavy atom. The molecule has 0 amide bonds. The second-order valence-corrected chi connectivity index (χ2v) is 3.85. The highest BCUT2D eigenvalue weighted by atomic mass is 14.2. The summed E-state index contributed by atoms with van der Waals surface area (Å²) in [6, 6.07) is 0. The van der Waals surface area contributed by atoms with Gasteiger partial charge in [0, 0.05) is 0 Å². The van der Waals surface area contributed by atoms with Gasteiger partial charge in [0.25, 0.3) is 0 Å². The Labute approximate surface area is 83.0 Å². The average molecular weight is 178 g/mol. The molecule has 0 aromatic rings. The van der Waals surface area contributed by atoms with Crippen LogP contribution in [-0.2, 0) is 0 Å². The van der Waals surface area contributed by atoms with Gasteiger partial charge in [-0.2, -0.15) is 0 Å². The van der Waals surface area contributed by atoms with E-state index in [1.807, 2.05) is 13.0 Å². The summed E-state index contributed by atoms with van der Waals surface area (Å²) in [5, 5.41) is 0. The third-order valence-electron chi connectivity index (χ3n) is 2.75. The minimum atomic E-state index is 0.570. The summed E-state index contributed by atoms with van der Waals surface area (Å²) in [4.78, 5) is 0. The Morgan fingerprint density at radius 1 is 1.38 bits per heavy atom. The Balaban J connectivity index is 4.20. The Hall–Kier alpha value is -0.780. The second kappa shape index (κ2) is 5.80. The zero-order valence-corrected chi connectivity index (χ0v) is 9.27. The van der Waals surface area contributed by atoms with E-state index in [0.717, 1.165) is 12.0 Å². The van der Waals surface area contributed by atoms with Gasteiger partial charge in [0.05, 0.1) is 0 Å². The predicted molar refractivity (Wildman–Crippen MR) is 61.7 cm³/mol. The number of hydrogen-bond donors (Lipinski definition) is 0. The van der Waals surface area contributed by atoms with E-state index in [-0.39, 0.29) is 0 Å². The van der Waals surface area contributed by atoms with Crippen molar-refractivity contribution in [2.45, 2.75) is 33.6 Å². The number of hydrogen-bond acceptors (Lipinski definition) is 0. The zero-order chi connectivity index (χ0) is 10.4. The van der Waals surface area contributed by atoms with Crippen LogP contribution in [0.3, 0.4) is 0 Å². The molecule has 0 spiro atoms. The smallest absolute Gasteiger partial charge is 0.0233 e. The highest BCUT2D eigenvalue weighted by molar-refractivity contribution is 5.23. The van der Waals surface area contributed by atoms with Crippen LogP contribution in [0.5, 0.6) is 0 Å². The van der Waals surface area contributed by atoms with Crippen molar-refractivity contribution in [2.24, 2.45) is 11.8 Å². The van der Waals surface area contributed by atoms with E-state index < -0.39 is 0 Å². The first-order valence-electron chi connectivity index (χ1n) is 4.99. The lowest BCUT2D eigenvalue weighted by molar-refractivity contribution is 0.406. The van der Waals surface area contributed by atoms with Gasteiger partial charge in [0.1, 0.15) is 0 Å². The fraction of sp³-hybridized carbons (Fsp3) is 0.538. The van der Waals surface area contributed by atoms with Gasteiger partial charge in [0.2, 0.25) is 0 Å². The lowest BCUT2D eigenvalue weighted by Crippen LogP contribution is -2.09. The predicted octanol–water partition coefficient (Wildman–Crippen LogP) is 4.36. The highest BCUT2D eigenvalue weighted by Gasteiger charge is 2.13. The van der Waals surface area contributed by atoms with Crippen molar-refractivity contribution in [3.05, 3.63) is 37.0 Å². The van der Waals surface area contributed by atoms with E-state index in [4.69, 9.17) is 0 Å². The first-order valence-corrected chi connectivity index (χ1v) is 4.99. The topological polar surface area (TPSA) is 0 Å². The molecule has 0 nitrogen and oxygen atoms in total. The first-order chi connectivity index (χ1) is 6.02. The van der Waals surface area contributed by atoms with Crippen molar-refractivity contribution >= 4 is 0 Å². The van der Waals surface area contributed by atoms with Crippen LogP contribution in [0.2, 0.25) is 0 Å². The molecule has 13 heavy (non-hydrogen) atoms. The highest BCUT2D eigenvalue weighted by Crippen LogP contribution is 2.25. The molecule has 0 aromatic heterocycles. The van der Waals surface area contributed by atoms with Crippen molar-refractivity contribution < 1.29 is 0 Å². The van der Waals surface area contributed by atoms with E-state index in [1.54, 1.807) is 0 Å². The van der Waals surface area contributed by atoms with Crippen molar-refractivity contribution in [2.75, 3.05) is 0 Å². The normalized spacial score (nSPS) is 14.7. The molecule has 2 atom stereocenters. The first kappa shape index (κ1) is 12.2. The monoisotopic (exact) mass is 178 g/mol. The molecule has 0 saturated heterocycles. The number of allylic oxidation sites excluding steroid dienone is 3. The molecular formula is C13H22. The molecule has 0 radical (unpaired) electrons. The maximum absolute atomic E-state index is 4.02. The summed E-state index contributed by atoms with van der Waals surface area (Å²) in [6.45, 7) is 18.2. The summed E-state index contributed by atoms with van der Waals surface area (Å²) in [7, 11) is 0. The van der Waals surface area contributed by atoms with Gasteiger partial charge in [-0.25, -0.2) is 0 Å². The molecule has 0 heteroatoms. The van der Waals surface area contributed by atoms with Crippen LogP contribution in [0.15, 0.2) is 37.0 Å². The van der Waals surface area contributed by atoms with Gasteiger partial charge in [-0.1, -0.05) is 50.6 Å². The van der Waals surface area contributed by atoms with Crippen LogP contribution >= 0.6 is 0 Å². The average Bonchev–Trinajstić information content (AvgIpc) is 2.12. The number of rotatable bonds is 6. The SMILES string of the molecule is C=CC(C)C(CC)CC(=C)C(=C)C. The fourth-order valence-corrected chi connectivity index (χ4v) is 1.39. The molecule has 0 bridgehead atoms. The Kier molecular flexibility index (Phi) is 5.45. The Bertz CT molecular complexity index is 198. The van der Waals surface area contributed by atoms with Crippen molar-refractivity contribution in [1.82, 2.24) is 0 Å². The van der Waals surface area contributed by atoms with Crippen LogP contribution in [0.4, 0.5) is 0 Å². The molecule has 0 N–H and O–H groups in total. The van der Waals surface area contributed by atoms with Crippen molar-refractivity contribution in [1.29, 1.82) is 0 Å². The minimum absolute atomic E-state index is 0.570. The summed E-state index contributed by atoms with van der Waals surface area (Å²) < 4.78 is 0. The fourth-order valence-electron chi connectivity index (χ4n) is 1.39. The minimum Gasteiger partial charge on any atom is -0.103 e. The molecule has 74 valence electrons. The maximum Gasteiger partial charge on any atom is -0.0233 e. The van der Waals surface area contributed by atoms with Crippen LogP contribution in [-0.4, -0.2) is 0 Å². The molecule has 0 saturated carbocycles. The molecule has 0 aliphatic carbocycles. The summed E-state index contributed by atoms with van der Waals surface area (Å²) in [5.41, 5.74) is 2.29. The molecule has 0 aliphatic heterocycles. The van der Waals surface area contributed by atoms with Crippen LogP contribution in [0, 0.1) is 11.8 Å². The van der Waals surface area contributed by atoms with Crippen LogP contribution < -0.4 is 0 Å². The second-order valence-electron chi connectivity index (χ2n) is 3.85. The van der Waals surface area contributed by atoms with E-state index >= 15 is 0 Å². The molecule has 0 aliphatic rings. The van der Waals surface area contributed by atoms with E-state index in [9.17, 15) is 0 Å². The summed E-state index contributed by atoms with van der Waals surface area (Å²) in [6.07, 6.45) is 4.26.